The summed E-state index contributed by atoms with van der Waals surface area (Å²) in [6, 6.07) is 13.3. The van der Waals surface area contributed by atoms with Crippen LogP contribution in [0.3, 0.4) is 0 Å². The Morgan fingerprint density at radius 3 is 2.59 bits per heavy atom. The summed E-state index contributed by atoms with van der Waals surface area (Å²) in [5, 5.41) is 0.0598. The number of imide groups is 1. The number of carbonyl (C=O) groups is 3. The van der Waals surface area contributed by atoms with Gasteiger partial charge in [-0.2, -0.15) is 0 Å². The van der Waals surface area contributed by atoms with E-state index in [-0.39, 0.29) is 11.8 Å². The average Bonchev–Trinajstić information content (AvgIpc) is 2.94. The van der Waals surface area contributed by atoms with Crippen LogP contribution >= 0.6 is 23.4 Å². The van der Waals surface area contributed by atoms with Crippen molar-refractivity contribution in [3.05, 3.63) is 64.0 Å². The van der Waals surface area contributed by atoms with Gasteiger partial charge in [0, 0.05) is 5.02 Å². The van der Waals surface area contributed by atoms with Gasteiger partial charge in [0.05, 0.1) is 17.7 Å². The lowest BCUT2D eigenvalue weighted by Crippen LogP contribution is -2.27. The van der Waals surface area contributed by atoms with E-state index in [0.29, 0.717) is 21.4 Å². The number of halogens is 1. The Bertz CT molecular complexity index is 926. The molecule has 0 aliphatic carbocycles. The maximum Gasteiger partial charge on any atom is 0.343 e. The molecular weight excluding hydrogens is 390 g/mol. The monoisotopic (exact) mass is 403 g/mol. The molecule has 1 saturated heterocycles. The molecule has 3 rings (SSSR count). The molecule has 0 radical (unpaired) electrons. The molecule has 2 aromatic carbocycles. The van der Waals surface area contributed by atoms with E-state index in [1.165, 1.54) is 7.11 Å². The molecule has 1 heterocycles. The van der Waals surface area contributed by atoms with Gasteiger partial charge in [0.1, 0.15) is 5.75 Å². The minimum Gasteiger partial charge on any atom is -0.482 e. The molecule has 1 fully saturated rings. The van der Waals surface area contributed by atoms with Crippen molar-refractivity contribution >= 4 is 52.2 Å². The number of nitrogens with zero attached hydrogens (tertiary/aromatic N) is 1. The summed E-state index contributed by atoms with van der Waals surface area (Å²) in [5.74, 6) is -0.392. The topological polar surface area (TPSA) is 72.9 Å². The molecule has 0 atom stereocenters. The lowest BCUT2D eigenvalue weighted by Gasteiger charge is -2.12. The van der Waals surface area contributed by atoms with Crippen LogP contribution < -0.4 is 9.64 Å². The van der Waals surface area contributed by atoms with E-state index in [9.17, 15) is 14.4 Å². The van der Waals surface area contributed by atoms with Crippen LogP contribution in [0.2, 0.25) is 5.02 Å². The number of amides is 2. The van der Waals surface area contributed by atoms with Gasteiger partial charge in [-0.3, -0.25) is 9.59 Å². The summed E-state index contributed by atoms with van der Waals surface area (Å²) in [5.41, 5.74) is 1.15. The molecular formula is C19H14ClNO5S. The van der Waals surface area contributed by atoms with E-state index in [1.807, 2.05) is 0 Å². The van der Waals surface area contributed by atoms with E-state index < -0.39 is 11.9 Å². The number of hydrogen-bond acceptors (Lipinski definition) is 6. The van der Waals surface area contributed by atoms with Crippen LogP contribution in [-0.2, 0) is 14.3 Å². The maximum absolute atomic E-state index is 12.6. The molecule has 1 aliphatic heterocycles. The SMILES string of the molecule is COC(=O)COc1ccc(/C=C2/SC(=O)N(c3cccc(Cl)c3)C2=O)cc1. The zero-order chi connectivity index (χ0) is 19.4. The Hall–Kier alpha value is -2.77. The number of thioether (sulfide) groups is 1. The Kier molecular flexibility index (Phi) is 5.83. The third kappa shape index (κ3) is 4.50. The number of esters is 1. The smallest absolute Gasteiger partial charge is 0.343 e. The third-order valence-corrected chi connectivity index (χ3v) is 4.73. The first-order valence-corrected chi connectivity index (χ1v) is 9.00. The van der Waals surface area contributed by atoms with Gasteiger partial charge in [0.2, 0.25) is 0 Å². The lowest BCUT2D eigenvalue weighted by atomic mass is 10.2. The average molecular weight is 404 g/mol. The standard InChI is InChI=1S/C19H14ClNO5S/c1-25-17(22)11-26-15-7-5-12(6-8-15)9-16-18(23)21(19(24)27-16)14-4-2-3-13(20)10-14/h2-10H,11H2,1H3/b16-9+. The van der Waals surface area contributed by atoms with Crippen molar-refractivity contribution in [1.29, 1.82) is 0 Å². The Balaban J connectivity index is 1.75. The number of hydrogen-bond donors (Lipinski definition) is 0. The van der Waals surface area contributed by atoms with E-state index in [0.717, 1.165) is 22.2 Å². The van der Waals surface area contributed by atoms with E-state index >= 15 is 0 Å². The Morgan fingerprint density at radius 2 is 1.93 bits per heavy atom. The zero-order valence-electron chi connectivity index (χ0n) is 14.2. The van der Waals surface area contributed by atoms with Gasteiger partial charge in [0.15, 0.2) is 6.61 Å². The molecule has 6 nitrogen and oxygen atoms in total. The molecule has 0 spiro atoms. The highest BCUT2D eigenvalue weighted by molar-refractivity contribution is 8.19. The highest BCUT2D eigenvalue weighted by Gasteiger charge is 2.36. The quantitative estimate of drug-likeness (QED) is 0.552. The van der Waals surface area contributed by atoms with Crippen LogP contribution in [0.1, 0.15) is 5.56 Å². The minimum atomic E-state index is -0.478. The molecule has 0 N–H and O–H groups in total. The van der Waals surface area contributed by atoms with Gasteiger partial charge in [-0.15, -0.1) is 0 Å². The summed E-state index contributed by atoms with van der Waals surface area (Å²) < 4.78 is 9.77. The molecule has 138 valence electrons. The van der Waals surface area contributed by atoms with Gasteiger partial charge >= 0.3 is 5.97 Å². The summed E-state index contributed by atoms with van der Waals surface area (Å²) in [6.45, 7) is -0.186. The van der Waals surface area contributed by atoms with Crippen LogP contribution in [0.15, 0.2) is 53.4 Å². The number of anilines is 1. The van der Waals surface area contributed by atoms with Crippen molar-refractivity contribution in [2.75, 3.05) is 18.6 Å². The van der Waals surface area contributed by atoms with Gasteiger partial charge in [-0.25, -0.2) is 9.69 Å². The fraction of sp³-hybridized carbons (Fsp3) is 0.105. The van der Waals surface area contributed by atoms with Crippen LogP contribution in [-0.4, -0.2) is 30.8 Å². The van der Waals surface area contributed by atoms with Crippen LogP contribution in [0.4, 0.5) is 10.5 Å². The van der Waals surface area contributed by atoms with E-state index in [4.69, 9.17) is 16.3 Å². The summed E-state index contributed by atoms with van der Waals surface area (Å²) in [6.07, 6.45) is 1.62. The molecule has 27 heavy (non-hydrogen) atoms. The van der Waals surface area contributed by atoms with Gasteiger partial charge in [0.25, 0.3) is 11.1 Å². The fourth-order valence-electron chi connectivity index (χ4n) is 2.32. The summed E-state index contributed by atoms with van der Waals surface area (Å²) in [7, 11) is 1.28. The molecule has 0 aromatic heterocycles. The van der Waals surface area contributed by atoms with Crippen molar-refractivity contribution < 1.29 is 23.9 Å². The zero-order valence-corrected chi connectivity index (χ0v) is 15.8. The second-order valence-electron chi connectivity index (χ2n) is 5.43. The van der Waals surface area contributed by atoms with Crippen molar-refractivity contribution in [3.63, 3.8) is 0 Å². The summed E-state index contributed by atoms with van der Waals surface area (Å²) >= 11 is 6.80. The number of carbonyl (C=O) groups excluding carboxylic acids is 3. The molecule has 2 amide bonds. The Labute approximate surface area is 164 Å². The highest BCUT2D eigenvalue weighted by atomic mass is 35.5. The van der Waals surface area contributed by atoms with Crippen molar-refractivity contribution in [1.82, 2.24) is 0 Å². The Morgan fingerprint density at radius 1 is 1.19 bits per heavy atom. The highest BCUT2D eigenvalue weighted by Crippen LogP contribution is 2.36. The van der Waals surface area contributed by atoms with Crippen molar-refractivity contribution in [3.8, 4) is 5.75 Å². The van der Waals surface area contributed by atoms with Crippen molar-refractivity contribution in [2.45, 2.75) is 0 Å². The lowest BCUT2D eigenvalue weighted by molar-refractivity contribution is -0.142. The van der Waals surface area contributed by atoms with Crippen LogP contribution in [0, 0.1) is 0 Å². The molecule has 2 aromatic rings. The number of rotatable bonds is 5. The summed E-state index contributed by atoms with van der Waals surface area (Å²) in [4.78, 5) is 37.3. The number of ether oxygens (including phenoxy) is 2. The van der Waals surface area contributed by atoms with Gasteiger partial charge < -0.3 is 9.47 Å². The van der Waals surface area contributed by atoms with Gasteiger partial charge in [-0.1, -0.05) is 29.8 Å². The predicted molar refractivity (Wildman–Crippen MR) is 104 cm³/mol. The minimum absolute atomic E-state index is 0.186. The molecule has 0 unspecified atom stereocenters. The molecule has 0 bridgehead atoms. The molecule has 0 saturated carbocycles. The van der Waals surface area contributed by atoms with Crippen LogP contribution in [0.25, 0.3) is 6.08 Å². The molecule has 8 heteroatoms. The first kappa shape index (κ1) is 19.0. The first-order chi connectivity index (χ1) is 13.0. The van der Waals surface area contributed by atoms with E-state index in [1.54, 1.807) is 54.6 Å². The largest absolute Gasteiger partial charge is 0.482 e. The second kappa shape index (κ2) is 8.28. The van der Waals surface area contributed by atoms with E-state index in [2.05, 4.69) is 4.74 Å². The van der Waals surface area contributed by atoms with Crippen molar-refractivity contribution in [2.24, 2.45) is 0 Å². The number of benzene rings is 2. The van der Waals surface area contributed by atoms with Crippen LogP contribution in [0.5, 0.6) is 5.75 Å². The maximum atomic E-state index is 12.6. The third-order valence-electron chi connectivity index (χ3n) is 3.62. The fourth-order valence-corrected chi connectivity index (χ4v) is 3.34. The van der Waals surface area contributed by atoms with Gasteiger partial charge in [-0.05, 0) is 53.7 Å². The second-order valence-corrected chi connectivity index (χ2v) is 6.86. The first-order valence-electron chi connectivity index (χ1n) is 7.81. The predicted octanol–water partition coefficient (Wildman–Crippen LogP) is 4.13. The normalized spacial score (nSPS) is 15.3. The molecule has 1 aliphatic rings. The number of methoxy groups -OCH3 is 1.